The number of halogens is 3. The van der Waals surface area contributed by atoms with E-state index in [0.29, 0.717) is 17.7 Å². The van der Waals surface area contributed by atoms with Crippen molar-refractivity contribution in [2.75, 3.05) is 46.7 Å². The number of rotatable bonds is 10. The van der Waals surface area contributed by atoms with Gasteiger partial charge in [-0.2, -0.15) is 18.2 Å². The Bertz CT molecular complexity index is 1120. The molecule has 11 heteroatoms. The minimum absolute atomic E-state index is 0.00568. The fourth-order valence-corrected chi connectivity index (χ4v) is 6.95. The van der Waals surface area contributed by atoms with E-state index in [2.05, 4.69) is 72.2 Å². The molecule has 6 atom stereocenters. The molecule has 1 heterocycles. The average molecular weight is 580 g/mol. The van der Waals surface area contributed by atoms with Crippen LogP contribution in [-0.2, 0) is 10.9 Å². The van der Waals surface area contributed by atoms with Gasteiger partial charge in [0, 0.05) is 56.0 Å². The van der Waals surface area contributed by atoms with E-state index in [-0.39, 0.29) is 41.4 Å². The number of fused-ring (bicyclic) bond motifs is 2. The number of anilines is 1. The van der Waals surface area contributed by atoms with Crippen LogP contribution < -0.4 is 10.6 Å². The van der Waals surface area contributed by atoms with Crippen molar-refractivity contribution in [3.8, 4) is 0 Å². The second-order valence-electron chi connectivity index (χ2n) is 12.6. The van der Waals surface area contributed by atoms with Gasteiger partial charge >= 0.3 is 6.18 Å². The minimum Gasteiger partial charge on any atom is -0.375 e. The molecule has 2 N–H and O–H groups in total. The number of nitrogens with one attached hydrogen (secondary N) is 2. The molecule has 41 heavy (non-hydrogen) atoms. The van der Waals surface area contributed by atoms with Crippen LogP contribution >= 0.6 is 0 Å². The van der Waals surface area contributed by atoms with Crippen LogP contribution in [0, 0.1) is 11.8 Å². The Hall–Kier alpha value is -2.08. The zero-order valence-corrected chi connectivity index (χ0v) is 25.8. The third-order valence-electron chi connectivity index (χ3n) is 10.0. The van der Waals surface area contributed by atoms with Crippen LogP contribution in [-0.4, -0.2) is 96.6 Å². The summed E-state index contributed by atoms with van der Waals surface area (Å²) >= 11 is 0. The minimum atomic E-state index is -4.58. The number of aromatic nitrogens is 2. The predicted molar refractivity (Wildman–Crippen MR) is 158 cm³/mol. The molecule has 8 nitrogen and oxygen atoms in total. The molecule has 4 aliphatic rings. The molecule has 0 amide bonds. The first-order valence-corrected chi connectivity index (χ1v) is 14.9. The van der Waals surface area contributed by atoms with Gasteiger partial charge in [-0.25, -0.2) is 9.98 Å². The molecule has 6 unspecified atom stereocenters. The van der Waals surface area contributed by atoms with Gasteiger partial charge in [0.05, 0.1) is 5.71 Å². The molecule has 0 aliphatic heterocycles. The summed E-state index contributed by atoms with van der Waals surface area (Å²) in [5.41, 5.74) is 0.842. The Balaban J connectivity index is 1.64. The van der Waals surface area contributed by atoms with Crippen molar-refractivity contribution in [2.45, 2.75) is 95.7 Å². The quantitative estimate of drug-likeness (QED) is 0.397. The summed E-state index contributed by atoms with van der Waals surface area (Å²) in [4.78, 5) is 17.9. The maximum absolute atomic E-state index is 14.0. The maximum Gasteiger partial charge on any atom is 0.421 e. The Morgan fingerprint density at radius 2 is 1.85 bits per heavy atom. The van der Waals surface area contributed by atoms with E-state index >= 15 is 0 Å². The van der Waals surface area contributed by atoms with Crippen molar-refractivity contribution in [3.05, 3.63) is 23.4 Å². The molecule has 4 aliphatic carbocycles. The van der Waals surface area contributed by atoms with Gasteiger partial charge in [0.15, 0.2) is 0 Å². The zero-order valence-electron chi connectivity index (χ0n) is 25.8. The Labute approximate surface area is 243 Å². The maximum atomic E-state index is 14.0. The smallest absolute Gasteiger partial charge is 0.375 e. The van der Waals surface area contributed by atoms with Gasteiger partial charge in [0.2, 0.25) is 0 Å². The Morgan fingerprint density at radius 1 is 1.17 bits per heavy atom. The number of likely N-dealkylation sites (N-methyl/N-ethyl adjacent to an activating group) is 3. The predicted octanol–water partition coefficient (Wildman–Crippen LogP) is 5.15. The summed E-state index contributed by atoms with van der Waals surface area (Å²) in [6.45, 7) is 10.7. The lowest BCUT2D eigenvalue weighted by atomic mass is 9.55. The molecule has 1 aromatic heterocycles. The SMILES string of the molecule is CNC1CCCCC1Nc1nc(N=C2C=C(C)C3CC(C2OC)C3(C)N(C)CCN(C)C(C)C)ncc1C(F)(F)F. The average Bonchev–Trinajstić information content (AvgIpc) is 3.11. The van der Waals surface area contributed by atoms with Crippen molar-refractivity contribution in [3.63, 3.8) is 0 Å². The van der Waals surface area contributed by atoms with Crippen LogP contribution in [0.4, 0.5) is 24.9 Å². The van der Waals surface area contributed by atoms with E-state index in [1.54, 1.807) is 7.11 Å². The second kappa shape index (κ2) is 12.7. The highest BCUT2D eigenvalue weighted by Crippen LogP contribution is 2.55. The van der Waals surface area contributed by atoms with Crippen LogP contribution in [0.5, 0.6) is 0 Å². The molecule has 1 aromatic rings. The zero-order chi connectivity index (χ0) is 30.1. The standard InChI is InChI=1S/C30H48F3N7O/c1-18(2)39(6)13-14-40(7)29(4)20-16-21(29)26(41-8)25(15-19(20)3)37-28-35-17-22(30(31,32)33)27(38-28)36-24-12-10-9-11-23(24)34-5/h15,17-18,20-21,23-24,26,34H,9-14,16H2,1-8H3,(H,35,36,38). The van der Waals surface area contributed by atoms with Gasteiger partial charge in [-0.15, -0.1) is 0 Å². The van der Waals surface area contributed by atoms with Gasteiger partial charge in [0.25, 0.3) is 5.95 Å². The number of hydrogen-bond donors (Lipinski definition) is 2. The highest BCUT2D eigenvalue weighted by atomic mass is 19.4. The fourth-order valence-electron chi connectivity index (χ4n) is 6.95. The van der Waals surface area contributed by atoms with Crippen LogP contribution in [0.3, 0.4) is 0 Å². The largest absolute Gasteiger partial charge is 0.421 e. The lowest BCUT2D eigenvalue weighted by Gasteiger charge is -2.60. The van der Waals surface area contributed by atoms with Crippen molar-refractivity contribution in [1.82, 2.24) is 25.1 Å². The molecular weight excluding hydrogens is 531 g/mol. The van der Waals surface area contributed by atoms with Gasteiger partial charge in [0.1, 0.15) is 17.5 Å². The molecule has 2 saturated carbocycles. The van der Waals surface area contributed by atoms with E-state index < -0.39 is 11.7 Å². The number of hydrogen-bond acceptors (Lipinski definition) is 8. The molecule has 5 rings (SSSR count). The highest BCUT2D eigenvalue weighted by Gasteiger charge is 2.59. The topological polar surface area (TPSA) is 77.9 Å². The van der Waals surface area contributed by atoms with Crippen molar-refractivity contribution < 1.29 is 17.9 Å². The summed E-state index contributed by atoms with van der Waals surface area (Å²) in [7, 11) is 7.84. The second-order valence-corrected chi connectivity index (χ2v) is 12.6. The molecule has 0 aromatic carbocycles. The number of alkyl halides is 3. The lowest BCUT2D eigenvalue weighted by Crippen LogP contribution is -2.67. The Kier molecular flexibility index (Phi) is 9.83. The summed E-state index contributed by atoms with van der Waals surface area (Å²) in [6.07, 6.45) is 2.62. The molecule has 2 fully saturated rings. The first-order chi connectivity index (χ1) is 19.3. The molecule has 0 radical (unpaired) electrons. The van der Waals surface area contributed by atoms with Crippen LogP contribution in [0.25, 0.3) is 0 Å². The number of nitrogens with zero attached hydrogens (tertiary/aromatic N) is 5. The fraction of sp³-hybridized carbons (Fsp3) is 0.767. The van der Waals surface area contributed by atoms with Crippen LogP contribution in [0.2, 0.25) is 0 Å². The van der Waals surface area contributed by atoms with Crippen molar-refractivity contribution in [1.29, 1.82) is 0 Å². The molecule has 2 bridgehead atoms. The normalized spacial score (nSPS) is 31.4. The van der Waals surface area contributed by atoms with E-state index in [1.165, 1.54) is 5.57 Å². The van der Waals surface area contributed by atoms with Crippen molar-refractivity contribution >= 4 is 17.5 Å². The third kappa shape index (κ3) is 6.48. The lowest BCUT2D eigenvalue weighted by molar-refractivity contribution is -0.137. The first kappa shape index (κ1) is 31.8. The Morgan fingerprint density at radius 3 is 2.46 bits per heavy atom. The van der Waals surface area contributed by atoms with Gasteiger partial charge in [-0.3, -0.25) is 4.90 Å². The van der Waals surface area contributed by atoms with Gasteiger partial charge in [-0.1, -0.05) is 18.4 Å². The molecule has 230 valence electrons. The highest BCUT2D eigenvalue weighted by molar-refractivity contribution is 6.01. The molecular formula is C30H48F3N7O. The van der Waals surface area contributed by atoms with Gasteiger partial charge in [-0.05, 0) is 80.1 Å². The summed E-state index contributed by atoms with van der Waals surface area (Å²) in [6, 6.07) is 0.384. The third-order valence-corrected chi connectivity index (χ3v) is 10.0. The summed E-state index contributed by atoms with van der Waals surface area (Å²) < 4.78 is 47.9. The summed E-state index contributed by atoms with van der Waals surface area (Å²) in [5.74, 6) is 0.296. The van der Waals surface area contributed by atoms with E-state index in [0.717, 1.165) is 51.4 Å². The van der Waals surface area contributed by atoms with Crippen LogP contribution in [0.1, 0.15) is 65.4 Å². The number of methoxy groups -OCH3 is 1. The van der Waals surface area contributed by atoms with E-state index in [1.807, 2.05) is 13.1 Å². The first-order valence-electron chi connectivity index (χ1n) is 14.9. The van der Waals surface area contributed by atoms with Gasteiger partial charge < -0.3 is 20.3 Å². The van der Waals surface area contributed by atoms with E-state index in [9.17, 15) is 13.2 Å². The number of aliphatic imine (C=N–C) groups is 1. The van der Waals surface area contributed by atoms with Crippen LogP contribution in [0.15, 0.2) is 22.8 Å². The summed E-state index contributed by atoms with van der Waals surface area (Å²) in [5, 5.41) is 6.34. The number of ether oxygens (including phenoxy) is 1. The molecule has 0 spiro atoms. The monoisotopic (exact) mass is 579 g/mol. The van der Waals surface area contributed by atoms with E-state index in [4.69, 9.17) is 9.73 Å². The molecule has 0 saturated heterocycles. The van der Waals surface area contributed by atoms with Crippen molar-refractivity contribution in [2.24, 2.45) is 16.8 Å².